The number of fused-ring (bicyclic) bond motifs is 1. The molecule has 10 heteroatoms. The number of hydrogen-bond acceptors (Lipinski definition) is 7. The molecule has 2 aromatic carbocycles. The normalized spacial score (nSPS) is 13.5. The summed E-state index contributed by atoms with van der Waals surface area (Å²) in [6.07, 6.45) is 2.04. The summed E-state index contributed by atoms with van der Waals surface area (Å²) in [4.78, 5) is 26.0. The molecule has 0 bridgehead atoms. The Bertz CT molecular complexity index is 1130. The van der Waals surface area contributed by atoms with Gasteiger partial charge in [-0.15, -0.1) is 0 Å². The predicted molar refractivity (Wildman–Crippen MR) is 122 cm³/mol. The minimum absolute atomic E-state index is 0.350. The third kappa shape index (κ3) is 6.80. The summed E-state index contributed by atoms with van der Waals surface area (Å²) >= 11 is 0. The average Bonchev–Trinajstić information content (AvgIpc) is 2.84. The van der Waals surface area contributed by atoms with E-state index in [0.717, 1.165) is 16.5 Å². The molecule has 1 N–H and O–H groups in total. The number of carbonyl (C=O) groups excluding carboxylic acids is 2. The molecule has 0 spiro atoms. The van der Waals surface area contributed by atoms with Crippen molar-refractivity contribution in [2.24, 2.45) is 0 Å². The first-order valence-corrected chi connectivity index (χ1v) is 11.8. The van der Waals surface area contributed by atoms with E-state index in [9.17, 15) is 18.0 Å². The lowest BCUT2D eigenvalue weighted by molar-refractivity contribution is -0.151. The smallest absolute Gasteiger partial charge is 0.321 e. The number of methoxy groups -OCH3 is 2. The Labute approximate surface area is 193 Å². The molecule has 2 aromatic rings. The number of nitrogens with zero attached hydrogens (tertiary/aromatic N) is 1. The van der Waals surface area contributed by atoms with Crippen LogP contribution < -0.4 is 14.2 Å². The molecule has 1 heterocycles. The number of benzene rings is 2. The summed E-state index contributed by atoms with van der Waals surface area (Å²) in [7, 11) is -0.719. The van der Waals surface area contributed by atoms with E-state index >= 15 is 0 Å². The second-order valence-electron chi connectivity index (χ2n) is 7.28. The predicted octanol–water partition coefficient (Wildman–Crippen LogP) is 1.72. The quantitative estimate of drug-likeness (QED) is 0.551. The highest BCUT2D eigenvalue weighted by Crippen LogP contribution is 2.33. The van der Waals surface area contributed by atoms with E-state index in [4.69, 9.17) is 14.2 Å². The number of nitrogens with one attached hydrogen (secondary N) is 1. The van der Waals surface area contributed by atoms with Crippen LogP contribution in [-0.4, -0.2) is 59.1 Å². The summed E-state index contributed by atoms with van der Waals surface area (Å²) in [5.74, 6) is -0.00365. The maximum atomic E-state index is 12.5. The number of carbonyl (C=O) groups is 2. The maximum absolute atomic E-state index is 12.5. The molecule has 0 atom stereocenters. The molecule has 1 aliphatic rings. The van der Waals surface area contributed by atoms with Crippen LogP contribution in [0.1, 0.15) is 16.7 Å². The highest BCUT2D eigenvalue weighted by Gasteiger charge is 2.23. The third-order valence-corrected chi connectivity index (χ3v) is 6.13. The first kappa shape index (κ1) is 24.3. The van der Waals surface area contributed by atoms with Gasteiger partial charge in [-0.05, 0) is 41.3 Å². The van der Waals surface area contributed by atoms with E-state index in [0.29, 0.717) is 36.6 Å². The van der Waals surface area contributed by atoms with E-state index in [1.807, 2.05) is 18.2 Å². The molecule has 0 saturated heterocycles. The van der Waals surface area contributed by atoms with Crippen molar-refractivity contribution in [2.75, 3.05) is 33.9 Å². The van der Waals surface area contributed by atoms with E-state index in [1.54, 1.807) is 43.4 Å². The fraction of sp³-hybridized carbons (Fsp3) is 0.304. The number of hydrogen-bond donors (Lipinski definition) is 1. The molecule has 0 saturated carbocycles. The van der Waals surface area contributed by atoms with Gasteiger partial charge in [-0.3, -0.25) is 9.59 Å². The van der Waals surface area contributed by atoms with Gasteiger partial charge in [0.2, 0.25) is 10.0 Å². The largest absolute Gasteiger partial charge is 0.493 e. The lowest BCUT2D eigenvalue weighted by Gasteiger charge is -2.29. The van der Waals surface area contributed by atoms with Crippen molar-refractivity contribution in [3.05, 3.63) is 64.6 Å². The molecule has 9 nitrogen and oxygen atoms in total. The Morgan fingerprint density at radius 3 is 2.39 bits per heavy atom. The highest BCUT2D eigenvalue weighted by atomic mass is 32.2. The summed E-state index contributed by atoms with van der Waals surface area (Å²) in [6, 6.07) is 12.6. The monoisotopic (exact) mass is 474 g/mol. The molecule has 176 valence electrons. The molecule has 0 aromatic heterocycles. The molecular weight excluding hydrogens is 448 g/mol. The van der Waals surface area contributed by atoms with Crippen LogP contribution in [0.3, 0.4) is 0 Å². The summed E-state index contributed by atoms with van der Waals surface area (Å²) in [5.41, 5.74) is 2.69. The van der Waals surface area contributed by atoms with Crippen LogP contribution >= 0.6 is 0 Å². The molecule has 0 unspecified atom stereocenters. The van der Waals surface area contributed by atoms with Crippen molar-refractivity contribution in [1.82, 2.24) is 9.62 Å². The first-order valence-electron chi connectivity index (χ1n) is 10.2. The topological polar surface area (TPSA) is 111 Å². The lowest BCUT2D eigenvalue weighted by Crippen LogP contribution is -2.39. The average molecular weight is 475 g/mol. The van der Waals surface area contributed by atoms with Gasteiger partial charge in [0.25, 0.3) is 5.91 Å². The minimum atomic E-state index is -3.83. The summed E-state index contributed by atoms with van der Waals surface area (Å²) in [6.45, 7) is -0.226. The van der Waals surface area contributed by atoms with Crippen molar-refractivity contribution < 1.29 is 32.2 Å². The van der Waals surface area contributed by atoms with Crippen LogP contribution in [-0.2, 0) is 37.3 Å². The van der Waals surface area contributed by atoms with Gasteiger partial charge in [-0.25, -0.2) is 13.1 Å². The molecule has 0 fully saturated rings. The second kappa shape index (κ2) is 11.0. The van der Waals surface area contributed by atoms with Crippen molar-refractivity contribution >= 4 is 28.0 Å². The van der Waals surface area contributed by atoms with E-state index in [-0.39, 0.29) is 5.91 Å². The van der Waals surface area contributed by atoms with Crippen LogP contribution in [0.2, 0.25) is 0 Å². The van der Waals surface area contributed by atoms with E-state index in [1.165, 1.54) is 6.08 Å². The van der Waals surface area contributed by atoms with Gasteiger partial charge in [-0.1, -0.05) is 30.3 Å². The van der Waals surface area contributed by atoms with E-state index in [2.05, 4.69) is 4.72 Å². The first-order chi connectivity index (χ1) is 15.8. The van der Waals surface area contributed by atoms with Crippen molar-refractivity contribution in [2.45, 2.75) is 13.0 Å². The Kier molecular flexibility index (Phi) is 8.07. The molecule has 1 amide bonds. The summed E-state index contributed by atoms with van der Waals surface area (Å²) in [5, 5.41) is 0.967. The van der Waals surface area contributed by atoms with Crippen molar-refractivity contribution in [3.8, 4) is 11.5 Å². The molecule has 0 radical (unpaired) electrons. The number of esters is 1. The van der Waals surface area contributed by atoms with Gasteiger partial charge in [0.1, 0.15) is 6.54 Å². The number of sulfonamides is 1. The van der Waals surface area contributed by atoms with Gasteiger partial charge in [-0.2, -0.15) is 0 Å². The van der Waals surface area contributed by atoms with Gasteiger partial charge in [0.05, 0.1) is 14.2 Å². The minimum Gasteiger partial charge on any atom is -0.493 e. The highest BCUT2D eigenvalue weighted by molar-refractivity contribution is 7.92. The van der Waals surface area contributed by atoms with Crippen LogP contribution in [0.15, 0.2) is 47.9 Å². The molecule has 3 rings (SSSR count). The zero-order valence-electron chi connectivity index (χ0n) is 18.4. The van der Waals surface area contributed by atoms with Crippen molar-refractivity contribution in [1.29, 1.82) is 0 Å². The Hall–Kier alpha value is -3.37. The fourth-order valence-corrected chi connectivity index (χ4v) is 4.07. The van der Waals surface area contributed by atoms with Gasteiger partial charge in [0.15, 0.2) is 18.1 Å². The molecule has 33 heavy (non-hydrogen) atoms. The zero-order valence-corrected chi connectivity index (χ0v) is 19.3. The van der Waals surface area contributed by atoms with E-state index < -0.39 is 29.1 Å². The molecule has 0 aliphatic carbocycles. The van der Waals surface area contributed by atoms with Gasteiger partial charge < -0.3 is 19.1 Å². The fourth-order valence-electron chi connectivity index (χ4n) is 3.32. The second-order valence-corrected chi connectivity index (χ2v) is 8.93. The Morgan fingerprint density at radius 2 is 1.73 bits per heavy atom. The zero-order chi connectivity index (χ0) is 23.8. The van der Waals surface area contributed by atoms with Gasteiger partial charge >= 0.3 is 5.97 Å². The number of amides is 1. The SMILES string of the molecule is COc1cc2c(cc1OC)CN(C(=O)COC(=O)CNS(=O)(=O)C=Cc1ccccc1)CC2. The standard InChI is InChI=1S/C23H26N2O7S/c1-30-20-12-18-8-10-25(15-19(18)13-21(20)31-2)22(26)16-32-23(27)14-24-33(28,29)11-9-17-6-4-3-5-7-17/h3-7,9,11-13,24H,8,10,14-16H2,1-2H3. The third-order valence-electron chi connectivity index (χ3n) is 5.08. The maximum Gasteiger partial charge on any atom is 0.321 e. The number of rotatable bonds is 9. The van der Waals surface area contributed by atoms with Crippen LogP contribution in [0, 0.1) is 0 Å². The van der Waals surface area contributed by atoms with Crippen LogP contribution in [0.25, 0.3) is 6.08 Å². The lowest BCUT2D eigenvalue weighted by atomic mass is 9.99. The van der Waals surface area contributed by atoms with Crippen LogP contribution in [0.5, 0.6) is 11.5 Å². The summed E-state index contributed by atoms with van der Waals surface area (Å²) < 4.78 is 41.7. The van der Waals surface area contributed by atoms with Crippen LogP contribution in [0.4, 0.5) is 0 Å². The van der Waals surface area contributed by atoms with Gasteiger partial charge in [0, 0.05) is 18.5 Å². The number of ether oxygens (including phenoxy) is 3. The molecule has 1 aliphatic heterocycles. The molecular formula is C23H26N2O7S. The van der Waals surface area contributed by atoms with Crippen molar-refractivity contribution in [3.63, 3.8) is 0 Å². The Morgan fingerprint density at radius 1 is 1.06 bits per heavy atom. The Balaban J connectivity index is 1.48.